The number of likely N-dealkylation sites (tertiary alicyclic amines) is 1. The Hall–Kier alpha value is -5.01. The predicted molar refractivity (Wildman–Crippen MR) is 148 cm³/mol. The molecule has 1 unspecified atom stereocenters. The van der Waals surface area contributed by atoms with Crippen LogP contribution in [0.4, 0.5) is 10.2 Å². The number of nitrogens with one attached hydrogen (secondary N) is 1. The van der Waals surface area contributed by atoms with Gasteiger partial charge in [0, 0.05) is 50.1 Å². The number of carbonyl (C=O) groups excluding carboxylic acids is 4. The van der Waals surface area contributed by atoms with Gasteiger partial charge < -0.3 is 10.2 Å². The minimum absolute atomic E-state index is 0.176. The van der Waals surface area contributed by atoms with Crippen LogP contribution in [-0.4, -0.2) is 89.5 Å². The predicted octanol–water partition coefficient (Wildman–Crippen LogP) is 1.29. The first-order valence-electron chi connectivity index (χ1n) is 13.5. The van der Waals surface area contributed by atoms with E-state index >= 15 is 0 Å². The zero-order valence-electron chi connectivity index (χ0n) is 23.0. The van der Waals surface area contributed by atoms with Crippen molar-refractivity contribution >= 4 is 40.2 Å². The lowest BCUT2D eigenvalue weighted by atomic mass is 10.0. The SMILES string of the molecule is CC(=O)c1nn(CC(=O)N2C[C@H](F)C[C@H]2C(=O)NC2CCN(c3ccn(C)n3)C2=O)c2ccc(-c3ccnnc3)cc12. The summed E-state index contributed by atoms with van der Waals surface area (Å²) >= 11 is 0. The third kappa shape index (κ3) is 4.99. The highest BCUT2D eigenvalue weighted by Gasteiger charge is 2.42. The maximum atomic E-state index is 14.6. The van der Waals surface area contributed by atoms with Crippen molar-refractivity contribution in [3.63, 3.8) is 0 Å². The first-order chi connectivity index (χ1) is 20.2. The van der Waals surface area contributed by atoms with Crippen molar-refractivity contribution in [3.05, 3.63) is 54.6 Å². The fraction of sp³-hybridized carbons (Fsp3) is 0.357. The third-order valence-corrected chi connectivity index (χ3v) is 7.66. The monoisotopic (exact) mass is 573 g/mol. The Morgan fingerprint density at radius 2 is 1.93 bits per heavy atom. The number of fused-ring (bicyclic) bond motifs is 1. The van der Waals surface area contributed by atoms with E-state index in [2.05, 4.69) is 25.7 Å². The molecule has 1 aromatic carbocycles. The summed E-state index contributed by atoms with van der Waals surface area (Å²) in [5.74, 6) is -1.21. The number of ketones is 1. The molecule has 2 aliphatic rings. The molecule has 0 bridgehead atoms. The van der Waals surface area contributed by atoms with E-state index < -0.39 is 30.1 Å². The molecule has 42 heavy (non-hydrogen) atoms. The van der Waals surface area contributed by atoms with Crippen LogP contribution in [0, 0.1) is 0 Å². The number of hydrogen-bond acceptors (Lipinski definition) is 8. The number of Topliss-reactive ketones (excluding diaryl/α,β-unsaturated/α-hetero) is 1. The molecule has 3 aromatic heterocycles. The quantitative estimate of drug-likeness (QED) is 0.325. The van der Waals surface area contributed by atoms with Gasteiger partial charge >= 0.3 is 0 Å². The highest BCUT2D eigenvalue weighted by molar-refractivity contribution is 6.06. The van der Waals surface area contributed by atoms with Crippen molar-refractivity contribution in [1.29, 1.82) is 0 Å². The number of carbonyl (C=O) groups is 4. The maximum absolute atomic E-state index is 14.6. The standard InChI is InChI=1S/C28H28FN9O4/c1-16(39)26-20-11-17(18-5-8-30-31-13-18)3-4-22(20)38(34-26)15-25(40)37-14-19(29)12-23(37)27(41)32-21-6-10-36(28(21)42)24-7-9-35(2)33-24/h3-5,7-9,11,13,19,21,23H,6,10,12,14-15H2,1-2H3,(H,32,41)/t19-,21?,23+/m1/s1. The molecule has 4 aromatic rings. The van der Waals surface area contributed by atoms with Crippen molar-refractivity contribution in [3.8, 4) is 11.1 Å². The zero-order chi connectivity index (χ0) is 29.5. The van der Waals surface area contributed by atoms with Gasteiger partial charge in [0.25, 0.3) is 5.91 Å². The van der Waals surface area contributed by atoms with Crippen LogP contribution in [0.5, 0.6) is 0 Å². The molecule has 2 fully saturated rings. The summed E-state index contributed by atoms with van der Waals surface area (Å²) in [5.41, 5.74) is 2.33. The summed E-state index contributed by atoms with van der Waals surface area (Å²) in [4.78, 5) is 54.8. The average Bonchev–Trinajstić information content (AvgIpc) is 3.75. The zero-order valence-corrected chi connectivity index (χ0v) is 23.0. The molecule has 2 aliphatic heterocycles. The van der Waals surface area contributed by atoms with Crippen molar-refractivity contribution in [1.82, 2.24) is 40.0 Å². The Morgan fingerprint density at radius 3 is 2.64 bits per heavy atom. The van der Waals surface area contributed by atoms with Gasteiger partial charge in [0.1, 0.15) is 30.5 Å². The Balaban J connectivity index is 1.19. The summed E-state index contributed by atoms with van der Waals surface area (Å²) in [6, 6.07) is 6.99. The van der Waals surface area contributed by atoms with E-state index in [0.29, 0.717) is 29.7 Å². The van der Waals surface area contributed by atoms with Crippen molar-refractivity contribution in [2.75, 3.05) is 18.0 Å². The largest absolute Gasteiger partial charge is 0.342 e. The van der Waals surface area contributed by atoms with Crippen LogP contribution in [0.2, 0.25) is 0 Å². The Kier molecular flexibility index (Phi) is 6.96. The normalized spacial score (nSPS) is 20.5. The van der Waals surface area contributed by atoms with Gasteiger partial charge in [-0.05, 0) is 30.2 Å². The summed E-state index contributed by atoms with van der Waals surface area (Å²) < 4.78 is 17.6. The first-order valence-corrected chi connectivity index (χ1v) is 13.5. The molecular weight excluding hydrogens is 545 g/mol. The molecule has 6 rings (SSSR count). The average molecular weight is 574 g/mol. The van der Waals surface area contributed by atoms with E-state index in [0.717, 1.165) is 11.1 Å². The Bertz CT molecular complexity index is 1700. The lowest BCUT2D eigenvalue weighted by Crippen LogP contribution is -2.51. The number of anilines is 1. The molecule has 13 nitrogen and oxygen atoms in total. The summed E-state index contributed by atoms with van der Waals surface area (Å²) in [6.07, 6.45) is 3.68. The van der Waals surface area contributed by atoms with E-state index in [-0.39, 0.29) is 36.9 Å². The van der Waals surface area contributed by atoms with E-state index in [1.807, 2.05) is 6.07 Å². The van der Waals surface area contributed by atoms with Gasteiger partial charge in [-0.25, -0.2) is 4.39 Å². The second kappa shape index (κ2) is 10.8. The van der Waals surface area contributed by atoms with Gasteiger partial charge in [-0.15, -0.1) is 0 Å². The summed E-state index contributed by atoms with van der Waals surface area (Å²) in [5, 5.41) is 19.6. The van der Waals surface area contributed by atoms with Gasteiger partial charge in [0.15, 0.2) is 11.6 Å². The van der Waals surface area contributed by atoms with Crippen LogP contribution in [0.25, 0.3) is 22.0 Å². The maximum Gasteiger partial charge on any atom is 0.250 e. The number of amides is 3. The molecular formula is C28H28FN9O4. The number of aryl methyl sites for hydroxylation is 1. The molecule has 0 radical (unpaired) electrons. The van der Waals surface area contributed by atoms with Gasteiger partial charge in [-0.3, -0.25) is 33.4 Å². The van der Waals surface area contributed by atoms with Gasteiger partial charge in [-0.1, -0.05) is 6.07 Å². The smallest absolute Gasteiger partial charge is 0.250 e. The number of rotatable bonds is 7. The summed E-state index contributed by atoms with van der Waals surface area (Å²) in [6.45, 7) is 1.21. The number of alkyl halides is 1. The Labute approximate surface area is 239 Å². The van der Waals surface area contributed by atoms with E-state index in [4.69, 9.17) is 0 Å². The highest BCUT2D eigenvalue weighted by Crippen LogP contribution is 2.28. The fourth-order valence-electron chi connectivity index (χ4n) is 5.58. The molecule has 0 spiro atoms. The molecule has 14 heteroatoms. The minimum Gasteiger partial charge on any atom is -0.342 e. The van der Waals surface area contributed by atoms with Crippen LogP contribution in [0.1, 0.15) is 30.3 Å². The van der Waals surface area contributed by atoms with Crippen molar-refractivity contribution in [2.45, 2.75) is 44.6 Å². The van der Waals surface area contributed by atoms with E-state index in [1.54, 1.807) is 54.6 Å². The molecule has 3 amide bonds. The second-order valence-corrected chi connectivity index (χ2v) is 10.5. The van der Waals surface area contributed by atoms with Crippen molar-refractivity contribution < 1.29 is 23.6 Å². The lowest BCUT2D eigenvalue weighted by molar-refractivity contribution is -0.139. The molecule has 1 N–H and O–H groups in total. The second-order valence-electron chi connectivity index (χ2n) is 10.5. The molecule has 0 saturated carbocycles. The number of aromatic nitrogens is 6. The topological polar surface area (TPSA) is 148 Å². The first kappa shape index (κ1) is 27.2. The van der Waals surface area contributed by atoms with Gasteiger partial charge in [-0.2, -0.15) is 20.4 Å². The molecule has 216 valence electrons. The Morgan fingerprint density at radius 1 is 1.10 bits per heavy atom. The van der Waals surface area contributed by atoms with Crippen LogP contribution in [-0.2, 0) is 28.0 Å². The molecule has 5 heterocycles. The minimum atomic E-state index is -1.40. The summed E-state index contributed by atoms with van der Waals surface area (Å²) in [7, 11) is 1.74. The van der Waals surface area contributed by atoms with Crippen molar-refractivity contribution in [2.24, 2.45) is 7.05 Å². The molecule has 0 aliphatic carbocycles. The number of benzene rings is 1. The van der Waals surface area contributed by atoms with E-state index in [9.17, 15) is 23.6 Å². The number of halogens is 1. The third-order valence-electron chi connectivity index (χ3n) is 7.66. The van der Waals surface area contributed by atoms with Crippen LogP contribution < -0.4 is 10.2 Å². The van der Waals surface area contributed by atoms with Crippen LogP contribution in [0.15, 0.2) is 48.9 Å². The highest BCUT2D eigenvalue weighted by atomic mass is 19.1. The van der Waals surface area contributed by atoms with Gasteiger partial charge in [0.05, 0.1) is 24.5 Å². The van der Waals surface area contributed by atoms with Gasteiger partial charge in [0.2, 0.25) is 11.8 Å². The fourth-order valence-corrected chi connectivity index (χ4v) is 5.58. The molecule has 2 saturated heterocycles. The number of hydrogen-bond donors (Lipinski definition) is 1. The van der Waals surface area contributed by atoms with Crippen LogP contribution in [0.3, 0.4) is 0 Å². The van der Waals surface area contributed by atoms with E-state index in [1.165, 1.54) is 21.4 Å². The lowest BCUT2D eigenvalue weighted by Gasteiger charge is -2.25. The number of nitrogens with zero attached hydrogens (tertiary/aromatic N) is 8. The molecule has 3 atom stereocenters. The van der Waals surface area contributed by atoms with Crippen LogP contribution >= 0.6 is 0 Å².